The van der Waals surface area contributed by atoms with Crippen LogP contribution in [-0.4, -0.2) is 149 Å². The molecule has 4 saturated heterocycles. The smallest absolute Gasteiger partial charge is 0.269 e. The Kier molecular flexibility index (Phi) is 16.9. The molecule has 0 saturated carbocycles. The van der Waals surface area contributed by atoms with Gasteiger partial charge in [0.05, 0.1) is 66.5 Å². The fourth-order valence-electron chi connectivity index (χ4n) is 8.79. The van der Waals surface area contributed by atoms with Crippen molar-refractivity contribution in [3.8, 4) is 12.1 Å². The highest BCUT2D eigenvalue weighted by Crippen LogP contribution is 2.28. The number of aromatic amines is 2. The fraction of sp³-hybridized carbons (Fsp3) is 0.458. The van der Waals surface area contributed by atoms with Crippen molar-refractivity contribution in [2.75, 3.05) is 105 Å². The molecule has 4 aliphatic heterocycles. The molecule has 0 unspecified atom stereocenters. The summed E-state index contributed by atoms with van der Waals surface area (Å²) in [6.45, 7) is 12.0. The highest BCUT2D eigenvalue weighted by Gasteiger charge is 2.29. The van der Waals surface area contributed by atoms with Crippen LogP contribution in [0.2, 0.25) is 0 Å². The van der Waals surface area contributed by atoms with Gasteiger partial charge in [0.15, 0.2) is 0 Å². The zero-order valence-electron chi connectivity index (χ0n) is 38.6. The number of H-pyrrole nitrogens is 2. The molecule has 4 aromatic heterocycles. The third kappa shape index (κ3) is 12.4. The van der Waals surface area contributed by atoms with Crippen molar-refractivity contribution < 1.29 is 19.1 Å². The minimum Gasteiger partial charge on any atom is -0.499 e. The SMILES string of the molecule is Cc1c(N2CCC[C@H]2CO/C=C\CC(=O)N2CCN(c3ccc(C#N)cn3)CC2)cn[nH]c1=O.Cc1c(N2CCC[C@H]2COC/C=C/C(=O)N2CCN(c3ccc(C#N)cn3)CC2)cn[nH]c1=O. The number of ether oxygens (including phenoxy) is 2. The topological polar surface area (TPSA) is 237 Å². The van der Waals surface area contributed by atoms with E-state index in [1.165, 1.54) is 0 Å². The number of nitriles is 2. The molecule has 356 valence electrons. The predicted octanol–water partition coefficient (Wildman–Crippen LogP) is 2.82. The summed E-state index contributed by atoms with van der Waals surface area (Å²) < 4.78 is 11.6. The van der Waals surface area contributed by atoms with Gasteiger partial charge in [-0.15, -0.1) is 0 Å². The van der Waals surface area contributed by atoms with Gasteiger partial charge in [0, 0.05) is 101 Å². The molecular formula is C48H58N14O6. The van der Waals surface area contributed by atoms with Crippen molar-refractivity contribution >= 4 is 34.8 Å². The molecule has 68 heavy (non-hydrogen) atoms. The number of nitrogens with one attached hydrogen (secondary N) is 2. The van der Waals surface area contributed by atoms with Crippen LogP contribution in [-0.2, 0) is 19.1 Å². The standard InChI is InChI=1S/2C24H29N7O3/c2*1-18-21(16-27-28-24(18)33)31-8-2-4-20(31)17-34-13-3-5-23(32)30-11-9-29(10-12-30)22-7-6-19(14-25)15-26-22/h3,6-7,13,15-16,20H,2,4-5,8-12,17H2,1H3,(H,28,33);3,5-7,15-16,20H,2,4,8-13,17H2,1H3,(H,28,33)/b13-3-;5-3+/t2*20-/m00/s1. The van der Waals surface area contributed by atoms with Crippen LogP contribution < -0.4 is 30.7 Å². The lowest BCUT2D eigenvalue weighted by Gasteiger charge is -2.35. The first-order chi connectivity index (χ1) is 33.1. The molecule has 8 heterocycles. The summed E-state index contributed by atoms with van der Waals surface area (Å²) in [7, 11) is 0. The van der Waals surface area contributed by atoms with E-state index in [9.17, 15) is 19.2 Å². The second-order valence-electron chi connectivity index (χ2n) is 17.0. The van der Waals surface area contributed by atoms with Crippen LogP contribution in [0.25, 0.3) is 0 Å². The van der Waals surface area contributed by atoms with E-state index in [4.69, 9.17) is 20.0 Å². The van der Waals surface area contributed by atoms with Crippen LogP contribution in [0.15, 0.2) is 83.1 Å². The number of aromatic nitrogens is 6. The maximum Gasteiger partial charge on any atom is 0.269 e. The highest BCUT2D eigenvalue weighted by atomic mass is 16.5. The molecule has 0 spiro atoms. The largest absolute Gasteiger partial charge is 0.499 e. The number of amides is 2. The van der Waals surface area contributed by atoms with E-state index in [1.54, 1.807) is 75.3 Å². The van der Waals surface area contributed by atoms with E-state index < -0.39 is 0 Å². The lowest BCUT2D eigenvalue weighted by Crippen LogP contribution is -2.48. The van der Waals surface area contributed by atoms with Gasteiger partial charge in [-0.1, -0.05) is 6.08 Å². The Balaban J connectivity index is 0.000000201. The summed E-state index contributed by atoms with van der Waals surface area (Å²) in [6, 6.07) is 11.7. The molecule has 4 aromatic rings. The molecule has 0 bridgehead atoms. The van der Waals surface area contributed by atoms with Gasteiger partial charge >= 0.3 is 0 Å². The summed E-state index contributed by atoms with van der Waals surface area (Å²) in [6.07, 6.45) is 17.6. The van der Waals surface area contributed by atoms with Crippen molar-refractivity contribution in [3.05, 3.63) is 117 Å². The van der Waals surface area contributed by atoms with Crippen LogP contribution in [0.1, 0.15) is 54.4 Å². The Bertz CT molecular complexity index is 2590. The number of anilines is 4. The van der Waals surface area contributed by atoms with Crippen LogP contribution >= 0.6 is 0 Å². The lowest BCUT2D eigenvalue weighted by molar-refractivity contribution is -0.130. The number of hydrogen-bond donors (Lipinski definition) is 2. The molecule has 20 nitrogen and oxygen atoms in total. The number of carbonyl (C=O) groups excluding carboxylic acids is 2. The molecule has 4 fully saturated rings. The average molecular weight is 927 g/mol. The zero-order chi connectivity index (χ0) is 47.8. The lowest BCUT2D eigenvalue weighted by atomic mass is 10.2. The van der Waals surface area contributed by atoms with Gasteiger partial charge in [0.25, 0.3) is 11.1 Å². The zero-order valence-corrected chi connectivity index (χ0v) is 38.6. The maximum absolute atomic E-state index is 12.6. The van der Waals surface area contributed by atoms with Gasteiger partial charge in [-0.05, 0) is 69.9 Å². The van der Waals surface area contributed by atoms with Gasteiger partial charge in [-0.2, -0.15) is 20.7 Å². The van der Waals surface area contributed by atoms with Crippen molar-refractivity contribution in [1.82, 2.24) is 40.2 Å². The number of hydrogen-bond acceptors (Lipinski definition) is 16. The van der Waals surface area contributed by atoms with Gasteiger partial charge in [-0.25, -0.2) is 20.2 Å². The van der Waals surface area contributed by atoms with Gasteiger partial charge < -0.3 is 38.9 Å². The van der Waals surface area contributed by atoms with E-state index >= 15 is 0 Å². The first-order valence-corrected chi connectivity index (χ1v) is 23.0. The number of rotatable bonds is 14. The Hall–Kier alpha value is -7.58. The molecule has 4 aliphatic rings. The normalized spacial score (nSPS) is 18.4. The van der Waals surface area contributed by atoms with Crippen LogP contribution in [0.4, 0.5) is 23.0 Å². The van der Waals surface area contributed by atoms with Crippen LogP contribution in [0.5, 0.6) is 0 Å². The minimum absolute atomic E-state index is 0.0243. The molecular weight excluding hydrogens is 869 g/mol. The van der Waals surface area contributed by atoms with Crippen molar-refractivity contribution in [3.63, 3.8) is 0 Å². The molecule has 2 atom stereocenters. The molecule has 20 heteroatoms. The molecule has 2 amide bonds. The molecule has 0 aliphatic carbocycles. The van der Waals surface area contributed by atoms with Crippen LogP contribution in [0, 0.1) is 36.5 Å². The number of carbonyl (C=O) groups is 2. The quantitative estimate of drug-likeness (QED) is 0.105. The van der Waals surface area contributed by atoms with Gasteiger partial charge in [-0.3, -0.25) is 19.2 Å². The first kappa shape index (κ1) is 48.4. The summed E-state index contributed by atoms with van der Waals surface area (Å²) in [5.74, 6) is 1.69. The fourth-order valence-corrected chi connectivity index (χ4v) is 8.79. The maximum atomic E-state index is 12.6. The number of pyridine rings is 2. The summed E-state index contributed by atoms with van der Waals surface area (Å²) >= 11 is 0. The third-order valence-electron chi connectivity index (χ3n) is 12.7. The third-order valence-corrected chi connectivity index (χ3v) is 12.7. The van der Waals surface area contributed by atoms with Crippen molar-refractivity contribution in [2.45, 2.75) is 58.0 Å². The molecule has 0 radical (unpaired) electrons. The summed E-state index contributed by atoms with van der Waals surface area (Å²) in [4.78, 5) is 69.7. The van der Waals surface area contributed by atoms with E-state index in [-0.39, 0.29) is 35.0 Å². The van der Waals surface area contributed by atoms with Crippen LogP contribution in [0.3, 0.4) is 0 Å². The summed E-state index contributed by atoms with van der Waals surface area (Å²) in [5.41, 5.74) is 3.78. The van der Waals surface area contributed by atoms with E-state index in [0.717, 1.165) is 61.8 Å². The Morgan fingerprint density at radius 1 is 0.691 bits per heavy atom. The Morgan fingerprint density at radius 3 is 1.71 bits per heavy atom. The Labute approximate surface area is 395 Å². The Morgan fingerprint density at radius 2 is 1.21 bits per heavy atom. The second kappa shape index (κ2) is 23.7. The first-order valence-electron chi connectivity index (χ1n) is 23.0. The monoisotopic (exact) mass is 926 g/mol. The van der Waals surface area contributed by atoms with E-state index in [1.807, 2.05) is 21.9 Å². The summed E-state index contributed by atoms with van der Waals surface area (Å²) in [5, 5.41) is 30.6. The van der Waals surface area contributed by atoms with Gasteiger partial charge in [0.2, 0.25) is 11.8 Å². The van der Waals surface area contributed by atoms with Crippen molar-refractivity contribution in [1.29, 1.82) is 10.5 Å². The number of piperazine rings is 2. The van der Waals surface area contributed by atoms with Crippen molar-refractivity contribution in [2.24, 2.45) is 0 Å². The average Bonchev–Trinajstić information content (AvgIpc) is 4.05. The van der Waals surface area contributed by atoms with E-state index in [2.05, 4.69) is 62.1 Å². The van der Waals surface area contributed by atoms with Gasteiger partial charge in [0.1, 0.15) is 30.4 Å². The number of nitrogens with zero attached hydrogens (tertiary/aromatic N) is 12. The second-order valence-corrected chi connectivity index (χ2v) is 17.0. The highest BCUT2D eigenvalue weighted by molar-refractivity contribution is 5.87. The molecule has 8 rings (SSSR count). The van der Waals surface area contributed by atoms with E-state index in [0.29, 0.717) is 101 Å². The predicted molar refractivity (Wildman–Crippen MR) is 255 cm³/mol. The molecule has 0 aromatic carbocycles. The molecule has 2 N–H and O–H groups in total. The minimum atomic E-state index is -0.170.